The van der Waals surface area contributed by atoms with E-state index in [2.05, 4.69) is 38.0 Å². The van der Waals surface area contributed by atoms with Gasteiger partial charge in [0.2, 0.25) is 0 Å². The van der Waals surface area contributed by atoms with Gasteiger partial charge in [-0.25, -0.2) is 0 Å². The zero-order valence-corrected chi connectivity index (χ0v) is 12.4. The molecular formula is C15H32N2. The Balaban J connectivity index is 2.68. The first-order chi connectivity index (χ1) is 8.19. The molecule has 0 aromatic carbocycles. The van der Waals surface area contributed by atoms with Gasteiger partial charge < -0.3 is 5.32 Å². The van der Waals surface area contributed by atoms with Crippen molar-refractivity contribution in [1.82, 2.24) is 10.2 Å². The summed E-state index contributed by atoms with van der Waals surface area (Å²) in [7, 11) is 2.14. The van der Waals surface area contributed by atoms with Crippen LogP contribution in [-0.2, 0) is 0 Å². The van der Waals surface area contributed by atoms with Gasteiger partial charge in [-0.1, -0.05) is 33.1 Å². The summed E-state index contributed by atoms with van der Waals surface area (Å²) in [6.07, 6.45) is 9.41. The van der Waals surface area contributed by atoms with Gasteiger partial charge >= 0.3 is 0 Å². The first-order valence-electron chi connectivity index (χ1n) is 7.61. The highest BCUT2D eigenvalue weighted by molar-refractivity contribution is 4.96. The molecule has 1 saturated heterocycles. The molecule has 0 saturated carbocycles. The number of piperidine rings is 1. The van der Waals surface area contributed by atoms with E-state index in [-0.39, 0.29) is 0 Å². The van der Waals surface area contributed by atoms with E-state index in [1.807, 2.05) is 0 Å². The molecule has 2 nitrogen and oxygen atoms in total. The summed E-state index contributed by atoms with van der Waals surface area (Å²) in [5.74, 6) is 0. The second kappa shape index (κ2) is 7.38. The predicted octanol–water partition coefficient (Wildman–Crippen LogP) is 3.42. The normalized spacial score (nSPS) is 23.3. The van der Waals surface area contributed by atoms with Crippen molar-refractivity contribution in [2.24, 2.45) is 0 Å². The molecule has 17 heavy (non-hydrogen) atoms. The smallest absolute Gasteiger partial charge is 0.0331 e. The number of likely N-dealkylation sites (N-methyl/N-ethyl adjacent to an activating group) is 1. The molecule has 1 aliphatic heterocycles. The Labute approximate surface area is 108 Å². The molecule has 102 valence electrons. The summed E-state index contributed by atoms with van der Waals surface area (Å²) in [5.41, 5.74) is 0.352. The van der Waals surface area contributed by atoms with Gasteiger partial charge in [0.05, 0.1) is 0 Å². The maximum absolute atomic E-state index is 3.58. The molecule has 1 heterocycles. The van der Waals surface area contributed by atoms with E-state index in [1.54, 1.807) is 0 Å². The highest BCUT2D eigenvalue weighted by atomic mass is 15.2. The summed E-state index contributed by atoms with van der Waals surface area (Å²) in [6, 6.07) is 0.644. The first kappa shape index (κ1) is 15.0. The second-order valence-electron chi connectivity index (χ2n) is 5.74. The number of nitrogens with zero attached hydrogens (tertiary/aromatic N) is 1. The van der Waals surface area contributed by atoms with Crippen LogP contribution in [0.3, 0.4) is 0 Å². The lowest BCUT2D eigenvalue weighted by molar-refractivity contribution is 0.0419. The minimum absolute atomic E-state index is 0.352. The SMILES string of the molecule is CCCCC(NC)C(C)(CC)N1CCCCC1. The molecule has 0 amide bonds. The lowest BCUT2D eigenvalue weighted by atomic mass is 9.83. The molecule has 0 spiro atoms. The Bertz CT molecular complexity index is 199. The number of unbranched alkanes of at least 4 members (excludes halogenated alkanes) is 1. The van der Waals surface area contributed by atoms with Crippen molar-refractivity contribution in [1.29, 1.82) is 0 Å². The third-order valence-corrected chi connectivity index (χ3v) is 4.74. The van der Waals surface area contributed by atoms with E-state index < -0.39 is 0 Å². The molecule has 1 fully saturated rings. The standard InChI is InChI=1S/C15H32N2/c1-5-7-11-14(16-4)15(3,6-2)17-12-9-8-10-13-17/h14,16H,5-13H2,1-4H3. The summed E-state index contributed by atoms with van der Waals surface area (Å²) < 4.78 is 0. The first-order valence-corrected chi connectivity index (χ1v) is 7.61. The van der Waals surface area contributed by atoms with E-state index in [1.165, 1.54) is 58.0 Å². The summed E-state index contributed by atoms with van der Waals surface area (Å²) in [6.45, 7) is 9.71. The van der Waals surface area contributed by atoms with Crippen LogP contribution in [0.25, 0.3) is 0 Å². The monoisotopic (exact) mass is 240 g/mol. The van der Waals surface area contributed by atoms with Crippen molar-refractivity contribution in [3.8, 4) is 0 Å². The van der Waals surface area contributed by atoms with E-state index >= 15 is 0 Å². The van der Waals surface area contributed by atoms with Gasteiger partial charge in [-0.15, -0.1) is 0 Å². The average Bonchev–Trinajstić information content (AvgIpc) is 2.40. The Morgan fingerprint density at radius 1 is 1.18 bits per heavy atom. The van der Waals surface area contributed by atoms with Gasteiger partial charge in [-0.2, -0.15) is 0 Å². The number of hydrogen-bond donors (Lipinski definition) is 1. The molecule has 1 N–H and O–H groups in total. The summed E-state index contributed by atoms with van der Waals surface area (Å²) in [4.78, 5) is 2.74. The highest BCUT2D eigenvalue weighted by Gasteiger charge is 2.37. The fraction of sp³-hybridized carbons (Fsp3) is 1.00. The van der Waals surface area contributed by atoms with E-state index in [0.717, 1.165) is 0 Å². The summed E-state index contributed by atoms with van der Waals surface area (Å²) >= 11 is 0. The van der Waals surface area contributed by atoms with Gasteiger partial charge in [0, 0.05) is 11.6 Å². The number of nitrogens with one attached hydrogen (secondary N) is 1. The maximum atomic E-state index is 3.58. The van der Waals surface area contributed by atoms with Crippen LogP contribution in [0.4, 0.5) is 0 Å². The minimum atomic E-state index is 0.352. The molecule has 2 atom stereocenters. The topological polar surface area (TPSA) is 15.3 Å². The molecule has 2 heteroatoms. The van der Waals surface area contributed by atoms with Crippen molar-refractivity contribution >= 4 is 0 Å². The van der Waals surface area contributed by atoms with Crippen molar-refractivity contribution in [2.75, 3.05) is 20.1 Å². The zero-order chi connectivity index (χ0) is 12.7. The van der Waals surface area contributed by atoms with Crippen LogP contribution < -0.4 is 5.32 Å². The third kappa shape index (κ3) is 3.69. The van der Waals surface area contributed by atoms with Gasteiger partial charge in [0.15, 0.2) is 0 Å². The van der Waals surface area contributed by atoms with E-state index in [0.29, 0.717) is 11.6 Å². The van der Waals surface area contributed by atoms with E-state index in [9.17, 15) is 0 Å². The Morgan fingerprint density at radius 2 is 1.82 bits per heavy atom. The molecule has 0 bridgehead atoms. The molecule has 0 aliphatic carbocycles. The number of hydrogen-bond acceptors (Lipinski definition) is 2. The fourth-order valence-corrected chi connectivity index (χ4v) is 3.27. The number of likely N-dealkylation sites (tertiary alicyclic amines) is 1. The van der Waals surface area contributed by atoms with Gasteiger partial charge in [-0.3, -0.25) is 4.90 Å². The second-order valence-corrected chi connectivity index (χ2v) is 5.74. The minimum Gasteiger partial charge on any atom is -0.315 e. The molecule has 1 aliphatic rings. The van der Waals surface area contributed by atoms with Crippen molar-refractivity contribution in [2.45, 2.75) is 77.3 Å². The van der Waals surface area contributed by atoms with Crippen LogP contribution >= 0.6 is 0 Å². The van der Waals surface area contributed by atoms with Crippen LogP contribution in [0.2, 0.25) is 0 Å². The lowest BCUT2D eigenvalue weighted by Gasteiger charge is -2.48. The molecule has 2 unspecified atom stereocenters. The van der Waals surface area contributed by atoms with Crippen LogP contribution in [0.5, 0.6) is 0 Å². The Kier molecular flexibility index (Phi) is 6.50. The van der Waals surface area contributed by atoms with Crippen LogP contribution in [0.1, 0.15) is 65.7 Å². The molecular weight excluding hydrogens is 208 g/mol. The zero-order valence-electron chi connectivity index (χ0n) is 12.4. The Hall–Kier alpha value is -0.0800. The quantitative estimate of drug-likeness (QED) is 0.733. The van der Waals surface area contributed by atoms with Crippen LogP contribution in [0, 0.1) is 0 Å². The van der Waals surface area contributed by atoms with Crippen molar-refractivity contribution in [3.05, 3.63) is 0 Å². The fourth-order valence-electron chi connectivity index (χ4n) is 3.27. The third-order valence-electron chi connectivity index (χ3n) is 4.74. The summed E-state index contributed by atoms with van der Waals surface area (Å²) in [5, 5.41) is 3.58. The number of rotatable bonds is 7. The van der Waals surface area contributed by atoms with Crippen LogP contribution in [-0.4, -0.2) is 36.6 Å². The van der Waals surface area contributed by atoms with Gasteiger partial charge in [-0.05, 0) is 52.7 Å². The van der Waals surface area contributed by atoms with Crippen LogP contribution in [0.15, 0.2) is 0 Å². The lowest BCUT2D eigenvalue weighted by Crippen LogP contribution is -2.59. The highest BCUT2D eigenvalue weighted by Crippen LogP contribution is 2.29. The van der Waals surface area contributed by atoms with Gasteiger partial charge in [0.25, 0.3) is 0 Å². The van der Waals surface area contributed by atoms with Crippen molar-refractivity contribution in [3.63, 3.8) is 0 Å². The molecule has 1 rings (SSSR count). The van der Waals surface area contributed by atoms with Gasteiger partial charge in [0.1, 0.15) is 0 Å². The molecule has 0 aromatic heterocycles. The largest absolute Gasteiger partial charge is 0.315 e. The Morgan fingerprint density at radius 3 is 2.29 bits per heavy atom. The molecule has 0 radical (unpaired) electrons. The van der Waals surface area contributed by atoms with Crippen molar-refractivity contribution < 1.29 is 0 Å². The average molecular weight is 240 g/mol. The van der Waals surface area contributed by atoms with E-state index in [4.69, 9.17) is 0 Å². The molecule has 0 aromatic rings. The maximum Gasteiger partial charge on any atom is 0.0331 e. The predicted molar refractivity (Wildman–Crippen MR) is 76.5 cm³/mol.